The van der Waals surface area contributed by atoms with E-state index in [0.717, 1.165) is 0 Å². The van der Waals surface area contributed by atoms with Gasteiger partial charge in [0.25, 0.3) is 0 Å². The maximum absolute atomic E-state index is 10.8. The average Bonchev–Trinajstić information content (AvgIpc) is 2.13. The molecule has 14 heavy (non-hydrogen) atoms. The Morgan fingerprint density at radius 2 is 2.14 bits per heavy atom. The van der Waals surface area contributed by atoms with Crippen molar-refractivity contribution in [2.24, 2.45) is 5.73 Å². The number of primary amides is 1. The second kappa shape index (κ2) is 8.10. The van der Waals surface area contributed by atoms with Crippen LogP contribution in [-0.2, 0) is 9.53 Å². The average molecular weight is 200 g/mol. The van der Waals surface area contributed by atoms with Crippen LogP contribution >= 0.6 is 0 Å². The van der Waals surface area contributed by atoms with E-state index in [4.69, 9.17) is 5.73 Å². The Kier molecular flexibility index (Phi) is 7.22. The van der Waals surface area contributed by atoms with Crippen molar-refractivity contribution >= 4 is 12.0 Å². The largest absolute Gasteiger partial charge is 0.445 e. The van der Waals surface area contributed by atoms with Crippen LogP contribution in [0, 0.1) is 0 Å². The Morgan fingerprint density at radius 1 is 1.43 bits per heavy atom. The minimum Gasteiger partial charge on any atom is -0.445 e. The number of nitrogens with one attached hydrogen (secondary N) is 1. The molecule has 5 nitrogen and oxygen atoms in total. The minimum absolute atomic E-state index is 0.202. The molecule has 3 N–H and O–H groups in total. The maximum atomic E-state index is 10.8. The van der Waals surface area contributed by atoms with Crippen molar-refractivity contribution in [1.29, 1.82) is 0 Å². The molecule has 0 aromatic rings. The normalized spacial score (nSPS) is 9.14. The van der Waals surface area contributed by atoms with Crippen molar-refractivity contribution in [3.05, 3.63) is 12.7 Å². The van der Waals surface area contributed by atoms with E-state index in [1.165, 1.54) is 6.08 Å². The highest BCUT2D eigenvalue weighted by atomic mass is 16.5. The molecular formula is C9H16N2O3. The van der Waals surface area contributed by atoms with Gasteiger partial charge < -0.3 is 15.8 Å². The van der Waals surface area contributed by atoms with Crippen molar-refractivity contribution in [3.63, 3.8) is 0 Å². The maximum Gasteiger partial charge on any atom is 0.407 e. The third-order valence-corrected chi connectivity index (χ3v) is 1.45. The van der Waals surface area contributed by atoms with Gasteiger partial charge in [-0.15, -0.1) is 0 Å². The van der Waals surface area contributed by atoms with E-state index in [9.17, 15) is 9.59 Å². The highest BCUT2D eigenvalue weighted by molar-refractivity contribution is 5.73. The molecule has 0 radical (unpaired) electrons. The van der Waals surface area contributed by atoms with Crippen LogP contribution in [0.15, 0.2) is 12.7 Å². The Bertz CT molecular complexity index is 204. The first-order chi connectivity index (χ1) is 6.66. The van der Waals surface area contributed by atoms with E-state index in [2.05, 4.69) is 16.6 Å². The number of unbranched alkanes of at least 4 members (excludes halogenated alkanes) is 1. The summed E-state index contributed by atoms with van der Waals surface area (Å²) in [5, 5.41) is 2.53. The van der Waals surface area contributed by atoms with E-state index < -0.39 is 6.09 Å². The van der Waals surface area contributed by atoms with Gasteiger partial charge in [0.2, 0.25) is 5.91 Å². The monoisotopic (exact) mass is 200 g/mol. The van der Waals surface area contributed by atoms with E-state index in [0.29, 0.717) is 25.8 Å². The highest BCUT2D eigenvalue weighted by Crippen LogP contribution is 1.92. The fourth-order valence-corrected chi connectivity index (χ4v) is 0.800. The second-order valence-corrected chi connectivity index (χ2v) is 2.74. The van der Waals surface area contributed by atoms with E-state index in [-0.39, 0.29) is 12.5 Å². The second-order valence-electron chi connectivity index (χ2n) is 2.74. The zero-order chi connectivity index (χ0) is 10.8. The molecule has 80 valence electrons. The summed E-state index contributed by atoms with van der Waals surface area (Å²) in [5.74, 6) is -0.320. The molecule has 5 heteroatoms. The van der Waals surface area contributed by atoms with Crippen LogP contribution < -0.4 is 11.1 Å². The molecule has 0 unspecified atom stereocenters. The smallest absolute Gasteiger partial charge is 0.407 e. The van der Waals surface area contributed by atoms with Gasteiger partial charge in [-0.3, -0.25) is 4.79 Å². The summed E-state index contributed by atoms with van der Waals surface area (Å²) in [4.78, 5) is 21.2. The summed E-state index contributed by atoms with van der Waals surface area (Å²) in [5.41, 5.74) is 4.94. The van der Waals surface area contributed by atoms with Crippen LogP contribution in [0.25, 0.3) is 0 Å². The number of nitrogens with two attached hydrogens (primary N) is 1. The van der Waals surface area contributed by atoms with Gasteiger partial charge in [0.1, 0.15) is 6.61 Å². The van der Waals surface area contributed by atoms with Crippen molar-refractivity contribution in [1.82, 2.24) is 5.32 Å². The van der Waals surface area contributed by atoms with E-state index in [1.54, 1.807) is 0 Å². The van der Waals surface area contributed by atoms with Crippen LogP contribution in [0.5, 0.6) is 0 Å². The van der Waals surface area contributed by atoms with Gasteiger partial charge in [0.15, 0.2) is 0 Å². The lowest BCUT2D eigenvalue weighted by molar-refractivity contribution is -0.118. The van der Waals surface area contributed by atoms with Crippen molar-refractivity contribution in [2.75, 3.05) is 13.2 Å². The number of ether oxygens (including phenoxy) is 1. The molecule has 0 aromatic heterocycles. The lowest BCUT2D eigenvalue weighted by Gasteiger charge is -2.03. The van der Waals surface area contributed by atoms with Gasteiger partial charge in [-0.2, -0.15) is 0 Å². The third kappa shape index (κ3) is 8.58. The Hall–Kier alpha value is -1.52. The molecule has 0 saturated heterocycles. The SMILES string of the molecule is C=CCOC(=O)NCCCCC(N)=O. The first-order valence-corrected chi connectivity index (χ1v) is 4.46. The number of amides is 2. The standard InChI is InChI=1S/C9H16N2O3/c1-2-7-14-9(13)11-6-4-3-5-8(10)12/h2H,1,3-7H2,(H2,10,12)(H,11,13). The molecule has 0 rings (SSSR count). The zero-order valence-corrected chi connectivity index (χ0v) is 8.12. The molecule has 0 heterocycles. The molecule has 0 aliphatic rings. The molecule has 0 spiro atoms. The van der Waals surface area contributed by atoms with Gasteiger partial charge in [0, 0.05) is 13.0 Å². The lowest BCUT2D eigenvalue weighted by Crippen LogP contribution is -2.25. The first kappa shape index (κ1) is 12.5. The van der Waals surface area contributed by atoms with Crippen molar-refractivity contribution < 1.29 is 14.3 Å². The quantitative estimate of drug-likeness (QED) is 0.465. The summed E-state index contributed by atoms with van der Waals surface area (Å²) in [6, 6.07) is 0. The predicted molar refractivity (Wildman–Crippen MR) is 52.6 cm³/mol. The van der Waals surface area contributed by atoms with Crippen LogP contribution in [0.4, 0.5) is 4.79 Å². The summed E-state index contributed by atoms with van der Waals surface area (Å²) < 4.78 is 4.66. The van der Waals surface area contributed by atoms with E-state index >= 15 is 0 Å². The molecule has 0 aliphatic heterocycles. The number of hydrogen-bond donors (Lipinski definition) is 2. The first-order valence-electron chi connectivity index (χ1n) is 4.46. The number of carbonyl (C=O) groups excluding carboxylic acids is 2. The van der Waals surface area contributed by atoms with E-state index in [1.807, 2.05) is 0 Å². The fourth-order valence-electron chi connectivity index (χ4n) is 0.800. The lowest BCUT2D eigenvalue weighted by atomic mass is 10.2. The molecule has 0 aliphatic carbocycles. The molecule has 0 saturated carbocycles. The Labute approximate surface area is 83.3 Å². The van der Waals surface area contributed by atoms with Crippen LogP contribution in [0.2, 0.25) is 0 Å². The van der Waals surface area contributed by atoms with Crippen molar-refractivity contribution in [3.8, 4) is 0 Å². The summed E-state index contributed by atoms with van der Waals surface area (Å²) >= 11 is 0. The summed E-state index contributed by atoms with van der Waals surface area (Å²) in [6.45, 7) is 4.10. The predicted octanol–water partition coefficient (Wildman–Crippen LogP) is 0.554. The van der Waals surface area contributed by atoms with Crippen LogP contribution in [0.3, 0.4) is 0 Å². The van der Waals surface area contributed by atoms with Gasteiger partial charge in [-0.25, -0.2) is 4.79 Å². The third-order valence-electron chi connectivity index (χ3n) is 1.45. The number of carbonyl (C=O) groups is 2. The van der Waals surface area contributed by atoms with Gasteiger partial charge in [0.05, 0.1) is 0 Å². The fraction of sp³-hybridized carbons (Fsp3) is 0.556. The number of rotatable bonds is 7. The topological polar surface area (TPSA) is 81.4 Å². The molecule has 0 bridgehead atoms. The molecule has 0 fully saturated rings. The zero-order valence-electron chi connectivity index (χ0n) is 8.12. The Morgan fingerprint density at radius 3 is 2.71 bits per heavy atom. The summed E-state index contributed by atoms with van der Waals surface area (Å²) in [7, 11) is 0. The molecule has 0 atom stereocenters. The van der Waals surface area contributed by atoms with Gasteiger partial charge >= 0.3 is 6.09 Å². The molecule has 2 amide bonds. The van der Waals surface area contributed by atoms with Gasteiger partial charge in [-0.1, -0.05) is 12.7 Å². The number of alkyl carbamates (subject to hydrolysis) is 1. The summed E-state index contributed by atoms with van der Waals surface area (Å²) in [6.07, 6.45) is 2.77. The minimum atomic E-state index is -0.469. The molecular weight excluding hydrogens is 184 g/mol. The highest BCUT2D eigenvalue weighted by Gasteiger charge is 1.99. The van der Waals surface area contributed by atoms with Crippen molar-refractivity contribution in [2.45, 2.75) is 19.3 Å². The van der Waals surface area contributed by atoms with Crippen LogP contribution in [0.1, 0.15) is 19.3 Å². The molecule has 0 aromatic carbocycles. The number of hydrogen-bond acceptors (Lipinski definition) is 3. The van der Waals surface area contributed by atoms with Crippen LogP contribution in [-0.4, -0.2) is 25.2 Å². The van der Waals surface area contributed by atoms with Gasteiger partial charge in [-0.05, 0) is 12.8 Å². The Balaban J connectivity index is 3.22.